The second kappa shape index (κ2) is 6.42. The molecule has 0 radical (unpaired) electrons. The van der Waals surface area contributed by atoms with Crippen LogP contribution in [0.3, 0.4) is 0 Å². The third-order valence-corrected chi connectivity index (χ3v) is 4.87. The molecule has 0 saturated carbocycles. The molecule has 3 nitrogen and oxygen atoms in total. The van der Waals surface area contributed by atoms with E-state index in [0.717, 1.165) is 21.7 Å². The monoisotopic (exact) mass is 345 g/mol. The van der Waals surface area contributed by atoms with Crippen LogP contribution in [0.2, 0.25) is 0 Å². The van der Waals surface area contributed by atoms with Gasteiger partial charge < -0.3 is 10.2 Å². The van der Waals surface area contributed by atoms with Crippen molar-refractivity contribution in [2.75, 3.05) is 0 Å². The molecule has 25 heavy (non-hydrogen) atoms. The molecule has 2 heterocycles. The van der Waals surface area contributed by atoms with Crippen molar-refractivity contribution in [3.05, 3.63) is 78.2 Å². The summed E-state index contributed by atoms with van der Waals surface area (Å²) in [5.74, 6) is 0.394. The fourth-order valence-electron chi connectivity index (χ4n) is 2.76. The molecule has 2 aromatic carbocycles. The molecule has 0 fully saturated rings. The number of hydrogen-bond acceptors (Lipinski definition) is 4. The second-order valence-electron chi connectivity index (χ2n) is 5.67. The highest BCUT2D eigenvalue weighted by atomic mass is 32.1. The number of phenolic OH excluding ortho intramolecular Hbond substituents is 2. The Bertz CT molecular complexity index is 1030. The van der Waals surface area contributed by atoms with E-state index in [1.165, 1.54) is 0 Å². The van der Waals surface area contributed by atoms with Crippen LogP contribution in [0.1, 0.15) is 0 Å². The lowest BCUT2D eigenvalue weighted by Gasteiger charge is -2.10. The predicted octanol–water partition coefficient (Wildman–Crippen LogP) is 5.56. The van der Waals surface area contributed by atoms with Gasteiger partial charge in [-0.05, 0) is 53.4 Å². The van der Waals surface area contributed by atoms with E-state index in [4.69, 9.17) is 4.98 Å². The number of aromatic hydroxyl groups is 2. The summed E-state index contributed by atoms with van der Waals surface area (Å²) in [6.07, 6.45) is 0. The van der Waals surface area contributed by atoms with Gasteiger partial charge in [0.1, 0.15) is 11.5 Å². The maximum atomic E-state index is 10.2. The molecule has 4 heteroatoms. The smallest absolute Gasteiger partial charge is 0.124 e. The summed E-state index contributed by atoms with van der Waals surface area (Å²) < 4.78 is 0. The van der Waals surface area contributed by atoms with Crippen LogP contribution in [-0.2, 0) is 0 Å². The van der Waals surface area contributed by atoms with Gasteiger partial charge in [0, 0.05) is 16.0 Å². The van der Waals surface area contributed by atoms with Crippen LogP contribution in [0, 0.1) is 0 Å². The highest BCUT2D eigenvalue weighted by Gasteiger charge is 2.12. The molecular weight excluding hydrogens is 330 g/mol. The van der Waals surface area contributed by atoms with Crippen LogP contribution in [0.5, 0.6) is 11.5 Å². The maximum Gasteiger partial charge on any atom is 0.124 e. The zero-order valence-corrected chi connectivity index (χ0v) is 14.1. The predicted molar refractivity (Wildman–Crippen MR) is 102 cm³/mol. The highest BCUT2D eigenvalue weighted by Crippen LogP contribution is 2.35. The van der Waals surface area contributed by atoms with Crippen molar-refractivity contribution < 1.29 is 10.2 Å². The van der Waals surface area contributed by atoms with E-state index in [-0.39, 0.29) is 11.5 Å². The summed E-state index contributed by atoms with van der Waals surface area (Å²) in [5, 5.41) is 22.0. The van der Waals surface area contributed by atoms with Gasteiger partial charge in [0.05, 0.1) is 11.4 Å². The van der Waals surface area contributed by atoms with Gasteiger partial charge in [-0.2, -0.15) is 0 Å². The van der Waals surface area contributed by atoms with Crippen molar-refractivity contribution in [3.8, 4) is 44.5 Å². The molecule has 0 atom stereocenters. The lowest BCUT2D eigenvalue weighted by atomic mass is 10.0. The fourth-order valence-corrected chi connectivity index (χ4v) is 3.47. The molecule has 2 aromatic heterocycles. The Morgan fingerprint density at radius 3 is 2.32 bits per heavy atom. The molecule has 4 aromatic rings. The van der Waals surface area contributed by atoms with E-state index in [9.17, 15) is 10.2 Å². The second-order valence-corrected chi connectivity index (χ2v) is 6.62. The number of rotatable bonds is 3. The largest absolute Gasteiger partial charge is 0.508 e. The van der Waals surface area contributed by atoms with E-state index in [1.54, 1.807) is 41.7 Å². The quantitative estimate of drug-likeness (QED) is 0.511. The van der Waals surface area contributed by atoms with Crippen LogP contribution < -0.4 is 0 Å². The third-order valence-electron chi connectivity index (χ3n) is 3.95. The lowest BCUT2D eigenvalue weighted by molar-refractivity contribution is 0.475. The van der Waals surface area contributed by atoms with Gasteiger partial charge in [-0.15, -0.1) is 11.3 Å². The lowest BCUT2D eigenvalue weighted by Crippen LogP contribution is -1.90. The van der Waals surface area contributed by atoms with Gasteiger partial charge in [0.2, 0.25) is 0 Å². The number of benzene rings is 2. The van der Waals surface area contributed by atoms with Gasteiger partial charge in [-0.1, -0.05) is 30.3 Å². The molecule has 0 bridgehead atoms. The van der Waals surface area contributed by atoms with Crippen LogP contribution in [-0.4, -0.2) is 15.2 Å². The van der Waals surface area contributed by atoms with Crippen LogP contribution in [0.15, 0.2) is 78.2 Å². The minimum absolute atomic E-state index is 0.195. The highest BCUT2D eigenvalue weighted by molar-refractivity contribution is 7.13. The zero-order valence-electron chi connectivity index (χ0n) is 13.3. The van der Waals surface area contributed by atoms with Crippen molar-refractivity contribution >= 4 is 11.3 Å². The first kappa shape index (κ1) is 15.4. The summed E-state index contributed by atoms with van der Waals surface area (Å²) in [4.78, 5) is 5.84. The van der Waals surface area contributed by atoms with Gasteiger partial charge in [0.25, 0.3) is 0 Å². The Morgan fingerprint density at radius 1 is 0.720 bits per heavy atom. The molecule has 0 aliphatic heterocycles. The SMILES string of the molecule is Oc1cccc(-c2cc(-c3cccs3)cc(-c3ccccc3O)n2)c1. The minimum Gasteiger partial charge on any atom is -0.508 e. The number of aromatic nitrogens is 1. The van der Waals surface area contributed by atoms with Crippen molar-refractivity contribution in [1.82, 2.24) is 4.98 Å². The van der Waals surface area contributed by atoms with Crippen LogP contribution in [0.4, 0.5) is 0 Å². The van der Waals surface area contributed by atoms with E-state index in [2.05, 4.69) is 6.07 Å². The average Bonchev–Trinajstić information content (AvgIpc) is 3.16. The Balaban J connectivity index is 1.94. The maximum absolute atomic E-state index is 10.2. The minimum atomic E-state index is 0.195. The first-order valence-corrected chi connectivity index (χ1v) is 8.72. The molecular formula is C21H15NO2S. The molecule has 2 N–H and O–H groups in total. The number of thiophene rings is 1. The van der Waals surface area contributed by atoms with Gasteiger partial charge >= 0.3 is 0 Å². The summed E-state index contributed by atoms with van der Waals surface area (Å²) >= 11 is 1.65. The molecule has 0 spiro atoms. The molecule has 0 aliphatic rings. The van der Waals surface area contributed by atoms with Crippen molar-refractivity contribution in [3.63, 3.8) is 0 Å². The standard InChI is InChI=1S/C21H15NO2S/c23-16-6-3-5-14(11-16)18-12-15(21-9-4-10-25-21)13-19(22-18)17-7-1-2-8-20(17)24/h1-13,23-24H. The van der Waals surface area contributed by atoms with E-state index in [1.807, 2.05) is 41.8 Å². The Morgan fingerprint density at radius 2 is 1.56 bits per heavy atom. The van der Waals surface area contributed by atoms with E-state index < -0.39 is 0 Å². The van der Waals surface area contributed by atoms with Crippen LogP contribution in [0.25, 0.3) is 33.0 Å². The first-order valence-electron chi connectivity index (χ1n) is 7.84. The Hall–Kier alpha value is -3.11. The van der Waals surface area contributed by atoms with Gasteiger partial charge in [-0.25, -0.2) is 4.98 Å². The Labute approximate surface area is 149 Å². The third kappa shape index (κ3) is 3.12. The first-order chi connectivity index (χ1) is 12.2. The summed E-state index contributed by atoms with van der Waals surface area (Å²) in [7, 11) is 0. The normalized spacial score (nSPS) is 10.7. The van der Waals surface area contributed by atoms with Crippen LogP contribution >= 0.6 is 11.3 Å². The van der Waals surface area contributed by atoms with Crippen molar-refractivity contribution in [2.45, 2.75) is 0 Å². The van der Waals surface area contributed by atoms with E-state index in [0.29, 0.717) is 11.3 Å². The number of phenols is 2. The zero-order chi connectivity index (χ0) is 17.2. The molecule has 0 aliphatic carbocycles. The fraction of sp³-hybridized carbons (Fsp3) is 0. The Kier molecular flexibility index (Phi) is 3.96. The van der Waals surface area contributed by atoms with Gasteiger partial charge in [0.15, 0.2) is 0 Å². The van der Waals surface area contributed by atoms with Gasteiger partial charge in [-0.3, -0.25) is 0 Å². The molecule has 0 saturated heterocycles. The number of nitrogens with zero attached hydrogens (tertiary/aromatic N) is 1. The number of hydrogen-bond donors (Lipinski definition) is 2. The molecule has 0 amide bonds. The molecule has 0 unspecified atom stereocenters. The number of pyridine rings is 1. The number of para-hydroxylation sites is 1. The van der Waals surface area contributed by atoms with Crippen molar-refractivity contribution in [2.24, 2.45) is 0 Å². The average molecular weight is 345 g/mol. The topological polar surface area (TPSA) is 53.4 Å². The molecule has 4 rings (SSSR count). The summed E-state index contributed by atoms with van der Waals surface area (Å²) in [5.41, 5.74) is 3.99. The summed E-state index contributed by atoms with van der Waals surface area (Å²) in [6.45, 7) is 0. The molecule has 122 valence electrons. The van der Waals surface area contributed by atoms with Crippen molar-refractivity contribution in [1.29, 1.82) is 0 Å². The van der Waals surface area contributed by atoms with E-state index >= 15 is 0 Å². The summed E-state index contributed by atoms with van der Waals surface area (Å²) in [6, 6.07) is 22.3.